The summed E-state index contributed by atoms with van der Waals surface area (Å²) in [5, 5.41) is 0. The van der Waals surface area contributed by atoms with Gasteiger partial charge in [0.1, 0.15) is 0 Å². The molecule has 1 aliphatic rings. The number of methoxy groups -OCH3 is 1. The minimum absolute atomic E-state index is 0.386. The molecule has 0 aliphatic carbocycles. The quantitative estimate of drug-likeness (QED) is 0.435. The average molecular weight is 436 g/mol. The van der Waals surface area contributed by atoms with Crippen LogP contribution >= 0.6 is 0 Å². The Morgan fingerprint density at radius 1 is 1.06 bits per heavy atom. The zero-order valence-electron chi connectivity index (χ0n) is 19.5. The number of benzene rings is 2. The zero-order chi connectivity index (χ0) is 23.1. The van der Waals surface area contributed by atoms with Gasteiger partial charge in [-0.15, -0.1) is 0 Å². The Kier molecular flexibility index (Phi) is 5.77. The van der Waals surface area contributed by atoms with Crippen molar-refractivity contribution in [2.24, 2.45) is 0 Å². The number of nitrogens with zero attached hydrogens (tertiary/aromatic N) is 2. The first kappa shape index (κ1) is 22.4. The van der Waals surface area contributed by atoms with E-state index in [1.807, 2.05) is 69.5 Å². The van der Waals surface area contributed by atoms with Gasteiger partial charge in [0.05, 0.1) is 48.1 Å². The van der Waals surface area contributed by atoms with Crippen molar-refractivity contribution in [2.75, 3.05) is 13.7 Å². The molecule has 3 aromatic rings. The summed E-state index contributed by atoms with van der Waals surface area (Å²) in [6.45, 7) is 11.0. The van der Waals surface area contributed by atoms with Crippen LogP contribution in [0.5, 0.6) is 6.01 Å². The van der Waals surface area contributed by atoms with Gasteiger partial charge in [0.25, 0.3) is 6.01 Å². The first-order valence-electron chi connectivity index (χ1n) is 10.8. The van der Waals surface area contributed by atoms with Gasteiger partial charge in [-0.1, -0.05) is 30.3 Å². The molecule has 7 nitrogen and oxygen atoms in total. The van der Waals surface area contributed by atoms with E-state index in [-0.39, 0.29) is 11.2 Å². The molecule has 168 valence electrons. The van der Waals surface area contributed by atoms with Crippen LogP contribution in [0, 0.1) is 0 Å². The van der Waals surface area contributed by atoms with Crippen LogP contribution in [0.3, 0.4) is 0 Å². The number of hydrogen-bond donors (Lipinski definition) is 0. The number of hydrogen-bond acceptors (Lipinski definition) is 6. The van der Waals surface area contributed by atoms with Crippen molar-refractivity contribution in [1.82, 2.24) is 9.55 Å². The van der Waals surface area contributed by atoms with Gasteiger partial charge in [0, 0.05) is 0 Å². The minimum atomic E-state index is -0.409. The summed E-state index contributed by atoms with van der Waals surface area (Å²) >= 11 is 0. The van der Waals surface area contributed by atoms with Gasteiger partial charge >= 0.3 is 13.1 Å². The third-order valence-corrected chi connectivity index (χ3v) is 6.26. The van der Waals surface area contributed by atoms with E-state index < -0.39 is 13.1 Å². The first-order valence-corrected chi connectivity index (χ1v) is 10.8. The number of ether oxygens (including phenoxy) is 2. The second-order valence-corrected chi connectivity index (χ2v) is 8.91. The van der Waals surface area contributed by atoms with Crippen LogP contribution in [-0.2, 0) is 20.6 Å². The molecule has 1 saturated heterocycles. The van der Waals surface area contributed by atoms with Gasteiger partial charge in [0.15, 0.2) is 0 Å². The van der Waals surface area contributed by atoms with Crippen molar-refractivity contribution in [2.45, 2.75) is 52.4 Å². The molecule has 32 heavy (non-hydrogen) atoms. The standard InChI is InChI=1S/C24H29BN2O5/c1-7-30-22-26-19-10-8-9-18(21(28)29-6)20(19)27(22)15-16-11-13-17(14-12-16)25-31-23(2,3)24(4,5)32-25/h8-14H,7,15H2,1-6H3. The maximum atomic E-state index is 12.4. The topological polar surface area (TPSA) is 71.8 Å². The van der Waals surface area contributed by atoms with Crippen LogP contribution in [0.2, 0.25) is 0 Å². The van der Waals surface area contributed by atoms with Gasteiger partial charge < -0.3 is 18.8 Å². The summed E-state index contributed by atoms with van der Waals surface area (Å²) in [6.07, 6.45) is 0. The monoisotopic (exact) mass is 436 g/mol. The average Bonchev–Trinajstić information content (AvgIpc) is 3.21. The maximum absolute atomic E-state index is 12.4. The summed E-state index contributed by atoms with van der Waals surface area (Å²) in [4.78, 5) is 16.9. The predicted octanol–water partition coefficient (Wildman–Crippen LogP) is 3.57. The third-order valence-electron chi connectivity index (χ3n) is 6.26. The lowest BCUT2D eigenvalue weighted by atomic mass is 9.79. The summed E-state index contributed by atoms with van der Waals surface area (Å²) in [7, 11) is 0.966. The summed E-state index contributed by atoms with van der Waals surface area (Å²) in [5.41, 5.74) is 3.06. The van der Waals surface area contributed by atoms with Gasteiger partial charge in [-0.3, -0.25) is 4.57 Å². The highest BCUT2D eigenvalue weighted by Crippen LogP contribution is 2.36. The molecule has 0 bridgehead atoms. The van der Waals surface area contributed by atoms with Crippen molar-refractivity contribution >= 4 is 29.6 Å². The van der Waals surface area contributed by atoms with Crippen LogP contribution in [-0.4, -0.2) is 47.6 Å². The SMILES string of the molecule is CCOc1nc2cccc(C(=O)OC)c2n1Cc1ccc(B2OC(C)(C)C(C)(C)O2)cc1. The number of rotatable bonds is 6. The molecule has 0 radical (unpaired) electrons. The molecule has 0 N–H and O–H groups in total. The Bertz CT molecular complexity index is 1120. The summed E-state index contributed by atoms with van der Waals surface area (Å²) < 4.78 is 25.0. The fourth-order valence-electron chi connectivity index (χ4n) is 3.77. The Balaban J connectivity index is 1.66. The van der Waals surface area contributed by atoms with Crippen LogP contribution in [0.4, 0.5) is 0 Å². The molecule has 0 unspecified atom stereocenters. The van der Waals surface area contributed by atoms with Crippen molar-refractivity contribution in [3.8, 4) is 6.01 Å². The van der Waals surface area contributed by atoms with E-state index in [0.717, 1.165) is 11.0 Å². The summed E-state index contributed by atoms with van der Waals surface area (Å²) in [5.74, 6) is -0.407. The van der Waals surface area contributed by atoms with Crippen LogP contribution in [0.1, 0.15) is 50.5 Å². The maximum Gasteiger partial charge on any atom is 0.494 e. The van der Waals surface area contributed by atoms with E-state index in [9.17, 15) is 4.79 Å². The number of carbonyl (C=O) groups excluding carboxylic acids is 1. The van der Waals surface area contributed by atoms with Crippen molar-refractivity contribution < 1.29 is 23.6 Å². The Morgan fingerprint density at radius 2 is 1.72 bits per heavy atom. The molecule has 8 heteroatoms. The number of carbonyl (C=O) groups is 1. The molecule has 1 aliphatic heterocycles. The molecule has 0 atom stereocenters. The molecule has 4 rings (SSSR count). The van der Waals surface area contributed by atoms with Crippen LogP contribution in [0.25, 0.3) is 11.0 Å². The van der Waals surface area contributed by atoms with Gasteiger partial charge in [-0.2, -0.15) is 4.98 Å². The molecular weight excluding hydrogens is 407 g/mol. The Morgan fingerprint density at radius 3 is 2.31 bits per heavy atom. The van der Waals surface area contributed by atoms with Crippen molar-refractivity contribution in [3.05, 3.63) is 53.6 Å². The van der Waals surface area contributed by atoms with E-state index in [2.05, 4.69) is 4.98 Å². The second-order valence-electron chi connectivity index (χ2n) is 8.91. The van der Waals surface area contributed by atoms with E-state index in [1.165, 1.54) is 7.11 Å². The van der Waals surface area contributed by atoms with Crippen LogP contribution < -0.4 is 10.2 Å². The van der Waals surface area contributed by atoms with E-state index in [1.54, 1.807) is 12.1 Å². The number of fused-ring (bicyclic) bond motifs is 1. The van der Waals surface area contributed by atoms with Gasteiger partial charge in [0.2, 0.25) is 0 Å². The fourth-order valence-corrected chi connectivity index (χ4v) is 3.77. The Labute approximate surface area is 188 Å². The largest absolute Gasteiger partial charge is 0.494 e. The highest BCUT2D eigenvalue weighted by atomic mass is 16.7. The summed E-state index contributed by atoms with van der Waals surface area (Å²) in [6, 6.07) is 13.9. The Hall–Kier alpha value is -2.84. The molecule has 0 spiro atoms. The number of imidazole rings is 1. The number of para-hydroxylation sites is 1. The molecule has 0 saturated carbocycles. The fraction of sp³-hybridized carbons (Fsp3) is 0.417. The second kappa shape index (κ2) is 8.26. The molecule has 2 heterocycles. The lowest BCUT2D eigenvalue weighted by Gasteiger charge is -2.32. The van der Waals surface area contributed by atoms with Crippen LogP contribution in [0.15, 0.2) is 42.5 Å². The molecule has 0 amide bonds. The lowest BCUT2D eigenvalue weighted by Crippen LogP contribution is -2.41. The highest BCUT2D eigenvalue weighted by Gasteiger charge is 2.51. The van der Waals surface area contributed by atoms with E-state index in [4.69, 9.17) is 18.8 Å². The minimum Gasteiger partial charge on any atom is -0.465 e. The lowest BCUT2D eigenvalue weighted by molar-refractivity contribution is 0.00578. The number of esters is 1. The zero-order valence-corrected chi connectivity index (χ0v) is 19.5. The van der Waals surface area contributed by atoms with Crippen molar-refractivity contribution in [3.63, 3.8) is 0 Å². The molecule has 1 aromatic heterocycles. The predicted molar refractivity (Wildman–Crippen MR) is 124 cm³/mol. The number of aromatic nitrogens is 2. The normalized spacial score (nSPS) is 17.0. The van der Waals surface area contributed by atoms with Crippen molar-refractivity contribution in [1.29, 1.82) is 0 Å². The smallest absolute Gasteiger partial charge is 0.465 e. The molecule has 2 aromatic carbocycles. The molecule has 1 fully saturated rings. The first-order chi connectivity index (χ1) is 15.2. The van der Waals surface area contributed by atoms with E-state index >= 15 is 0 Å². The third kappa shape index (κ3) is 3.89. The molecular formula is C24H29BN2O5. The highest BCUT2D eigenvalue weighted by molar-refractivity contribution is 6.62. The van der Waals surface area contributed by atoms with E-state index in [0.29, 0.717) is 35.8 Å². The van der Waals surface area contributed by atoms with Gasteiger partial charge in [-0.25, -0.2) is 4.79 Å². The van der Waals surface area contributed by atoms with Gasteiger partial charge in [-0.05, 0) is 57.8 Å².